The van der Waals surface area contributed by atoms with Gasteiger partial charge in [-0.15, -0.1) is 0 Å². The van der Waals surface area contributed by atoms with Crippen molar-refractivity contribution in [3.8, 4) is 0 Å². The summed E-state index contributed by atoms with van der Waals surface area (Å²) >= 11 is 0. The van der Waals surface area contributed by atoms with E-state index in [0.29, 0.717) is 0 Å². The first-order chi connectivity index (χ1) is 4.79. The molecule has 58 valence electrons. The van der Waals surface area contributed by atoms with Crippen molar-refractivity contribution < 1.29 is 5.11 Å². The molecule has 0 radical (unpaired) electrons. The van der Waals surface area contributed by atoms with Gasteiger partial charge in [-0.3, -0.25) is 4.90 Å². The first kappa shape index (κ1) is 7.76. The molecule has 1 rings (SSSR count). The normalized spacial score (nSPS) is 23.0. The molecule has 1 N–H and O–H groups in total. The molecule has 0 bridgehead atoms. The van der Waals surface area contributed by atoms with Crippen LogP contribution in [0.4, 0.5) is 0 Å². The third-order valence-corrected chi connectivity index (χ3v) is 1.66. The highest BCUT2D eigenvalue weighted by atomic mass is 16.3. The maximum absolute atomic E-state index is 9.04. The monoisotopic (exact) mass is 141 g/mol. The minimum absolute atomic E-state index is 0.188. The van der Waals surface area contributed by atoms with Gasteiger partial charge in [-0.2, -0.15) is 0 Å². The first-order valence-corrected chi connectivity index (χ1v) is 3.84. The number of nitrogens with zero attached hydrogens (tertiary/aromatic N) is 1. The molecule has 0 unspecified atom stereocenters. The molecule has 0 saturated carbocycles. The van der Waals surface area contributed by atoms with Gasteiger partial charge in [0.1, 0.15) is 0 Å². The quantitative estimate of drug-likeness (QED) is 0.570. The number of aliphatic hydroxyl groups is 1. The van der Waals surface area contributed by atoms with Crippen molar-refractivity contribution in [3.63, 3.8) is 0 Å². The average molecular weight is 141 g/mol. The summed E-state index contributed by atoms with van der Waals surface area (Å²) in [5.74, 6) is 0. The van der Waals surface area contributed by atoms with Gasteiger partial charge in [0.15, 0.2) is 0 Å². The highest BCUT2D eigenvalue weighted by Crippen LogP contribution is 2.01. The second kappa shape index (κ2) is 3.74. The van der Waals surface area contributed by atoms with Gasteiger partial charge in [0, 0.05) is 19.6 Å². The molecule has 0 spiro atoms. The van der Waals surface area contributed by atoms with Crippen molar-refractivity contribution in [1.29, 1.82) is 0 Å². The lowest BCUT2D eigenvalue weighted by Gasteiger charge is -2.23. The highest BCUT2D eigenvalue weighted by molar-refractivity contribution is 4.90. The minimum atomic E-state index is -0.188. The largest absolute Gasteiger partial charge is 0.392 e. The van der Waals surface area contributed by atoms with Crippen molar-refractivity contribution >= 4 is 0 Å². The second-order valence-corrected chi connectivity index (χ2v) is 2.87. The van der Waals surface area contributed by atoms with E-state index in [2.05, 4.69) is 17.1 Å². The van der Waals surface area contributed by atoms with Gasteiger partial charge in [0.2, 0.25) is 0 Å². The summed E-state index contributed by atoms with van der Waals surface area (Å²) in [6, 6.07) is 0. The van der Waals surface area contributed by atoms with E-state index in [0.717, 1.165) is 26.1 Å². The maximum atomic E-state index is 9.04. The predicted molar refractivity (Wildman–Crippen MR) is 41.9 cm³/mol. The molecule has 0 aromatic carbocycles. The van der Waals surface area contributed by atoms with Gasteiger partial charge in [0.05, 0.1) is 6.10 Å². The van der Waals surface area contributed by atoms with E-state index in [1.165, 1.54) is 0 Å². The van der Waals surface area contributed by atoms with Crippen molar-refractivity contribution in [2.24, 2.45) is 0 Å². The molecule has 1 aliphatic rings. The number of hydrogen-bond acceptors (Lipinski definition) is 2. The molecular weight excluding hydrogens is 126 g/mol. The van der Waals surface area contributed by atoms with Gasteiger partial charge < -0.3 is 5.11 Å². The van der Waals surface area contributed by atoms with Crippen molar-refractivity contribution in [2.75, 3.05) is 19.6 Å². The minimum Gasteiger partial charge on any atom is -0.392 e. The van der Waals surface area contributed by atoms with E-state index in [9.17, 15) is 0 Å². The third-order valence-electron chi connectivity index (χ3n) is 1.66. The van der Waals surface area contributed by atoms with E-state index in [4.69, 9.17) is 5.11 Å². The van der Waals surface area contributed by atoms with E-state index < -0.39 is 0 Å². The molecule has 2 heteroatoms. The lowest BCUT2D eigenvalue weighted by atomic mass is 10.2. The lowest BCUT2D eigenvalue weighted by molar-refractivity contribution is 0.132. The SMILES string of the molecule is C[C@H](O)CN1CC=CCC1. The Balaban J connectivity index is 2.22. The van der Waals surface area contributed by atoms with Crippen LogP contribution in [0.2, 0.25) is 0 Å². The molecule has 10 heavy (non-hydrogen) atoms. The Labute approximate surface area is 62.2 Å². The molecule has 1 atom stereocenters. The Morgan fingerprint density at radius 2 is 2.40 bits per heavy atom. The highest BCUT2D eigenvalue weighted by Gasteiger charge is 2.07. The third kappa shape index (κ3) is 2.50. The Bertz CT molecular complexity index is 120. The zero-order chi connectivity index (χ0) is 7.40. The zero-order valence-electron chi connectivity index (χ0n) is 6.45. The smallest absolute Gasteiger partial charge is 0.0639 e. The van der Waals surface area contributed by atoms with Crippen LogP contribution in [0, 0.1) is 0 Å². The fraction of sp³-hybridized carbons (Fsp3) is 0.750. The van der Waals surface area contributed by atoms with Crippen LogP contribution in [0.15, 0.2) is 12.2 Å². The van der Waals surface area contributed by atoms with Crippen LogP contribution in [0.3, 0.4) is 0 Å². The molecule has 0 aromatic rings. The second-order valence-electron chi connectivity index (χ2n) is 2.87. The topological polar surface area (TPSA) is 23.5 Å². The van der Waals surface area contributed by atoms with Gasteiger partial charge in [-0.05, 0) is 13.3 Å². The van der Waals surface area contributed by atoms with Gasteiger partial charge in [0.25, 0.3) is 0 Å². The maximum Gasteiger partial charge on any atom is 0.0639 e. The average Bonchev–Trinajstić information content (AvgIpc) is 1.88. The van der Waals surface area contributed by atoms with Crippen molar-refractivity contribution in [2.45, 2.75) is 19.4 Å². The molecule has 0 fully saturated rings. The summed E-state index contributed by atoms with van der Waals surface area (Å²) in [7, 11) is 0. The van der Waals surface area contributed by atoms with Crippen LogP contribution in [-0.4, -0.2) is 35.7 Å². The van der Waals surface area contributed by atoms with Gasteiger partial charge in [-0.25, -0.2) is 0 Å². The zero-order valence-corrected chi connectivity index (χ0v) is 6.45. The fourth-order valence-corrected chi connectivity index (χ4v) is 1.23. The molecule has 0 amide bonds. The molecule has 2 nitrogen and oxygen atoms in total. The molecule has 0 aromatic heterocycles. The van der Waals surface area contributed by atoms with E-state index >= 15 is 0 Å². The summed E-state index contributed by atoms with van der Waals surface area (Å²) < 4.78 is 0. The van der Waals surface area contributed by atoms with E-state index in [-0.39, 0.29) is 6.10 Å². The Morgan fingerprint density at radius 3 is 2.90 bits per heavy atom. The number of hydrogen-bond donors (Lipinski definition) is 1. The first-order valence-electron chi connectivity index (χ1n) is 3.84. The molecule has 0 aliphatic carbocycles. The summed E-state index contributed by atoms with van der Waals surface area (Å²) in [6.45, 7) is 4.74. The molecule has 1 heterocycles. The van der Waals surface area contributed by atoms with Crippen LogP contribution in [-0.2, 0) is 0 Å². The Hall–Kier alpha value is -0.340. The Morgan fingerprint density at radius 1 is 1.60 bits per heavy atom. The number of rotatable bonds is 2. The molecule has 1 aliphatic heterocycles. The van der Waals surface area contributed by atoms with E-state index in [1.807, 2.05) is 6.92 Å². The number of aliphatic hydroxyl groups excluding tert-OH is 1. The van der Waals surface area contributed by atoms with E-state index in [1.54, 1.807) is 0 Å². The molecule has 0 saturated heterocycles. The molecular formula is C8H15NO. The summed E-state index contributed by atoms with van der Waals surface area (Å²) in [4.78, 5) is 2.25. The predicted octanol–water partition coefficient (Wildman–Crippen LogP) is 0.629. The van der Waals surface area contributed by atoms with Gasteiger partial charge in [-0.1, -0.05) is 12.2 Å². The van der Waals surface area contributed by atoms with Crippen molar-refractivity contribution in [1.82, 2.24) is 4.90 Å². The summed E-state index contributed by atoms with van der Waals surface area (Å²) in [5.41, 5.74) is 0. The van der Waals surface area contributed by atoms with Gasteiger partial charge >= 0.3 is 0 Å². The van der Waals surface area contributed by atoms with Crippen LogP contribution >= 0.6 is 0 Å². The van der Waals surface area contributed by atoms with Crippen LogP contribution in [0.5, 0.6) is 0 Å². The van der Waals surface area contributed by atoms with Crippen LogP contribution < -0.4 is 0 Å². The lowest BCUT2D eigenvalue weighted by Crippen LogP contribution is -2.33. The standard InChI is InChI=1S/C8H15NO/c1-8(10)7-9-5-3-2-4-6-9/h2-3,8,10H,4-7H2,1H3/t8-/m0/s1. The fourth-order valence-electron chi connectivity index (χ4n) is 1.23. The van der Waals surface area contributed by atoms with Crippen molar-refractivity contribution in [3.05, 3.63) is 12.2 Å². The Kier molecular flexibility index (Phi) is 2.90. The summed E-state index contributed by atoms with van der Waals surface area (Å²) in [6.07, 6.45) is 5.29. The summed E-state index contributed by atoms with van der Waals surface area (Å²) in [5, 5.41) is 9.04. The number of β-amino-alcohol motifs (C(OH)–C–C–N with tert-alkyl or cyclic N) is 1. The van der Waals surface area contributed by atoms with Crippen LogP contribution in [0.25, 0.3) is 0 Å². The van der Waals surface area contributed by atoms with Crippen LogP contribution in [0.1, 0.15) is 13.3 Å².